The molecule has 1 unspecified atom stereocenters. The maximum absolute atomic E-state index is 10.9. The third kappa shape index (κ3) is 1.89. The van der Waals surface area contributed by atoms with Crippen LogP contribution in [0.2, 0.25) is 0 Å². The molecule has 0 aromatic carbocycles. The van der Waals surface area contributed by atoms with Crippen LogP contribution in [0.4, 0.5) is 0 Å². The molecule has 4 heteroatoms. The highest BCUT2D eigenvalue weighted by Gasteiger charge is 2.32. The Kier molecular flexibility index (Phi) is 2.94. The minimum Gasteiger partial charge on any atom is -0.373 e. The van der Waals surface area contributed by atoms with Gasteiger partial charge in [0.05, 0.1) is 18.8 Å². The topological polar surface area (TPSA) is 52.6 Å². The normalized spacial score (nSPS) is 36.0. The quantitative estimate of drug-likeness (QED) is 0.432. The fourth-order valence-corrected chi connectivity index (χ4v) is 1.14. The predicted molar refractivity (Wildman–Crippen MR) is 40.8 cm³/mol. The molecule has 68 valence electrons. The van der Waals surface area contributed by atoms with E-state index in [2.05, 4.69) is 0 Å². The zero-order valence-electron chi connectivity index (χ0n) is 7.15. The van der Waals surface area contributed by atoms with Gasteiger partial charge in [-0.15, -0.1) is 0 Å². The molecular formula is C8H12O4. The van der Waals surface area contributed by atoms with Crippen molar-refractivity contribution in [3.05, 3.63) is 0 Å². The zero-order valence-corrected chi connectivity index (χ0v) is 7.15. The Morgan fingerprint density at radius 1 is 1.50 bits per heavy atom. The van der Waals surface area contributed by atoms with Crippen LogP contribution in [-0.4, -0.2) is 37.0 Å². The molecule has 0 N–H and O–H groups in total. The highest BCUT2D eigenvalue weighted by Crippen LogP contribution is 2.14. The minimum atomic E-state index is -0.716. The molecule has 1 aliphatic rings. The van der Waals surface area contributed by atoms with E-state index in [-0.39, 0.29) is 18.5 Å². The molecule has 1 fully saturated rings. The van der Waals surface area contributed by atoms with Gasteiger partial charge in [0.2, 0.25) is 5.78 Å². The van der Waals surface area contributed by atoms with Gasteiger partial charge in [0.1, 0.15) is 6.10 Å². The molecule has 1 rings (SSSR count). The number of hydrogen-bond acceptors (Lipinski definition) is 4. The lowest BCUT2D eigenvalue weighted by Gasteiger charge is -2.31. The summed E-state index contributed by atoms with van der Waals surface area (Å²) >= 11 is 0. The lowest BCUT2D eigenvalue weighted by molar-refractivity contribution is -0.178. The number of Topliss-reactive ketones (excluding diaryl/α,β-unsaturated/α-hetero) is 1. The summed E-state index contributed by atoms with van der Waals surface area (Å²) in [5.74, 6) is -0.547. The molecule has 1 aliphatic heterocycles. The average Bonchev–Trinajstić information content (AvgIpc) is 2.08. The average molecular weight is 172 g/mol. The first-order valence-corrected chi connectivity index (χ1v) is 3.91. The summed E-state index contributed by atoms with van der Waals surface area (Å²) in [6.07, 6.45) is -0.872. The molecule has 0 aromatic heterocycles. The largest absolute Gasteiger partial charge is 0.373 e. The molecule has 0 bridgehead atoms. The summed E-state index contributed by atoms with van der Waals surface area (Å²) in [6, 6.07) is 0. The van der Waals surface area contributed by atoms with Gasteiger partial charge in [0.25, 0.3) is 0 Å². The molecule has 0 radical (unpaired) electrons. The molecule has 1 heterocycles. The van der Waals surface area contributed by atoms with Gasteiger partial charge >= 0.3 is 0 Å². The van der Waals surface area contributed by atoms with E-state index in [9.17, 15) is 9.59 Å². The number of ether oxygens (including phenoxy) is 2. The zero-order chi connectivity index (χ0) is 9.14. The van der Waals surface area contributed by atoms with Crippen molar-refractivity contribution >= 4 is 12.1 Å². The Morgan fingerprint density at radius 3 is 2.75 bits per heavy atom. The first-order valence-electron chi connectivity index (χ1n) is 3.91. The van der Waals surface area contributed by atoms with Crippen LogP contribution in [0.15, 0.2) is 0 Å². The van der Waals surface area contributed by atoms with E-state index in [1.165, 1.54) is 0 Å². The van der Waals surface area contributed by atoms with Gasteiger partial charge < -0.3 is 9.47 Å². The van der Waals surface area contributed by atoms with E-state index < -0.39 is 11.9 Å². The van der Waals surface area contributed by atoms with E-state index in [0.717, 1.165) is 0 Å². The lowest BCUT2D eigenvalue weighted by atomic mass is 10.1. The fourth-order valence-electron chi connectivity index (χ4n) is 1.14. The number of ketones is 1. The van der Waals surface area contributed by atoms with E-state index >= 15 is 0 Å². The van der Waals surface area contributed by atoms with Crippen molar-refractivity contribution in [2.45, 2.75) is 32.2 Å². The van der Waals surface area contributed by atoms with E-state index in [1.807, 2.05) is 0 Å². The highest BCUT2D eigenvalue weighted by molar-refractivity contribution is 6.27. The summed E-state index contributed by atoms with van der Waals surface area (Å²) in [5.41, 5.74) is 0. The monoisotopic (exact) mass is 172 g/mol. The van der Waals surface area contributed by atoms with Crippen LogP contribution in [0.1, 0.15) is 13.8 Å². The van der Waals surface area contributed by atoms with Gasteiger partial charge in [-0.2, -0.15) is 0 Å². The molecule has 0 aliphatic carbocycles. The fraction of sp³-hybridized carbons (Fsp3) is 0.750. The molecule has 0 amide bonds. The smallest absolute Gasteiger partial charge is 0.226 e. The molecule has 4 nitrogen and oxygen atoms in total. The first-order chi connectivity index (χ1) is 5.65. The summed E-state index contributed by atoms with van der Waals surface area (Å²) in [7, 11) is 0. The number of aldehydes is 1. The van der Waals surface area contributed by atoms with Gasteiger partial charge in [-0.3, -0.25) is 9.59 Å². The van der Waals surface area contributed by atoms with Crippen LogP contribution in [0, 0.1) is 0 Å². The van der Waals surface area contributed by atoms with Crippen LogP contribution in [0.25, 0.3) is 0 Å². The first kappa shape index (κ1) is 9.35. The van der Waals surface area contributed by atoms with E-state index in [4.69, 9.17) is 9.47 Å². The Balaban J connectivity index is 2.60. The second kappa shape index (κ2) is 3.78. The maximum Gasteiger partial charge on any atom is 0.226 e. The number of rotatable bonds is 2. The van der Waals surface area contributed by atoms with Crippen LogP contribution < -0.4 is 0 Å². The molecule has 0 aromatic rings. The summed E-state index contributed by atoms with van der Waals surface area (Å²) in [5, 5.41) is 0. The van der Waals surface area contributed by atoms with Crippen molar-refractivity contribution in [1.82, 2.24) is 0 Å². The molecule has 0 saturated carbocycles. The van der Waals surface area contributed by atoms with Crippen LogP contribution in [0.3, 0.4) is 0 Å². The molecular weight excluding hydrogens is 160 g/mol. The third-order valence-electron chi connectivity index (χ3n) is 1.80. The van der Waals surface area contributed by atoms with Gasteiger partial charge in [-0.05, 0) is 13.8 Å². The Hall–Kier alpha value is -0.740. The summed E-state index contributed by atoms with van der Waals surface area (Å²) < 4.78 is 10.5. The van der Waals surface area contributed by atoms with E-state index in [0.29, 0.717) is 6.61 Å². The van der Waals surface area contributed by atoms with Crippen LogP contribution >= 0.6 is 0 Å². The second-order valence-electron chi connectivity index (χ2n) is 2.93. The van der Waals surface area contributed by atoms with Crippen molar-refractivity contribution < 1.29 is 19.1 Å². The number of hydrogen-bond donors (Lipinski definition) is 0. The molecule has 12 heavy (non-hydrogen) atoms. The van der Waals surface area contributed by atoms with Gasteiger partial charge in [0, 0.05) is 0 Å². The third-order valence-corrected chi connectivity index (χ3v) is 1.80. The SMILES string of the molecule is C[C@@H]1OC[C@H](C)OC1C(=O)C=O. The summed E-state index contributed by atoms with van der Waals surface area (Å²) in [6.45, 7) is 4.00. The predicted octanol–water partition coefficient (Wildman–Crippen LogP) is -0.0532. The van der Waals surface area contributed by atoms with Crippen molar-refractivity contribution in [2.75, 3.05) is 6.61 Å². The Labute approximate surface area is 70.8 Å². The Bertz CT molecular complexity index is 189. The van der Waals surface area contributed by atoms with Crippen molar-refractivity contribution in [2.24, 2.45) is 0 Å². The minimum absolute atomic E-state index is 0.116. The van der Waals surface area contributed by atoms with Crippen LogP contribution in [0.5, 0.6) is 0 Å². The summed E-state index contributed by atoms with van der Waals surface area (Å²) in [4.78, 5) is 21.1. The Morgan fingerprint density at radius 2 is 2.17 bits per heavy atom. The molecule has 0 spiro atoms. The van der Waals surface area contributed by atoms with Crippen molar-refractivity contribution in [3.63, 3.8) is 0 Å². The van der Waals surface area contributed by atoms with Gasteiger partial charge in [-0.25, -0.2) is 0 Å². The van der Waals surface area contributed by atoms with Crippen molar-refractivity contribution in [3.8, 4) is 0 Å². The number of carbonyl (C=O) groups excluding carboxylic acids is 2. The second-order valence-corrected chi connectivity index (χ2v) is 2.93. The van der Waals surface area contributed by atoms with Gasteiger partial charge in [-0.1, -0.05) is 0 Å². The highest BCUT2D eigenvalue weighted by atomic mass is 16.6. The van der Waals surface area contributed by atoms with Gasteiger partial charge in [0.15, 0.2) is 6.29 Å². The van der Waals surface area contributed by atoms with Crippen LogP contribution in [-0.2, 0) is 19.1 Å². The number of carbonyl (C=O) groups is 2. The molecule has 3 atom stereocenters. The maximum atomic E-state index is 10.9. The van der Waals surface area contributed by atoms with E-state index in [1.54, 1.807) is 13.8 Å². The standard InChI is InChI=1S/C8H12O4/c1-5-4-11-6(2)8(12-5)7(10)3-9/h3,5-6,8H,4H2,1-2H3/t5-,6-,8?/m0/s1. The molecule has 1 saturated heterocycles. The van der Waals surface area contributed by atoms with Crippen molar-refractivity contribution in [1.29, 1.82) is 0 Å². The lowest BCUT2D eigenvalue weighted by Crippen LogP contribution is -2.45.